The minimum atomic E-state index is -0.361. The molecule has 0 bridgehead atoms. The van der Waals surface area contributed by atoms with Crippen molar-refractivity contribution in [2.24, 2.45) is 0 Å². The molecule has 6 heteroatoms. The highest BCUT2D eigenvalue weighted by atomic mass is 16.7. The fraction of sp³-hybridized carbons (Fsp3) is 0.600. The van der Waals surface area contributed by atoms with Gasteiger partial charge in [-0.25, -0.2) is 0 Å². The SMILES string of the molecule is CCO[C@H]1O[C@H]2CN(C)[C@H]3CC(OC)=CC[C@@]23c2cc3c(cc21)OCO3. The average Bonchev–Trinajstić information content (AvgIpc) is 3.22. The first-order valence-corrected chi connectivity index (χ1v) is 9.31. The molecular formula is C20H25NO5. The second kappa shape index (κ2) is 5.87. The van der Waals surface area contributed by atoms with Gasteiger partial charge in [0.25, 0.3) is 0 Å². The second-order valence-electron chi connectivity index (χ2n) is 7.48. The lowest BCUT2D eigenvalue weighted by atomic mass is 9.64. The summed E-state index contributed by atoms with van der Waals surface area (Å²) in [6.45, 7) is 3.75. The Morgan fingerprint density at radius 2 is 2.08 bits per heavy atom. The number of rotatable bonds is 3. The summed E-state index contributed by atoms with van der Waals surface area (Å²) in [5.74, 6) is 2.66. The summed E-state index contributed by atoms with van der Waals surface area (Å²) in [5.41, 5.74) is 2.24. The number of hydrogen-bond acceptors (Lipinski definition) is 6. The molecule has 4 aliphatic rings. The van der Waals surface area contributed by atoms with Crippen LogP contribution in [-0.4, -0.2) is 51.1 Å². The van der Waals surface area contributed by atoms with Crippen LogP contribution in [0.3, 0.4) is 0 Å². The number of likely N-dealkylation sites (tertiary alicyclic amines) is 1. The molecule has 4 atom stereocenters. The predicted octanol–water partition coefficient (Wildman–Crippen LogP) is 2.73. The van der Waals surface area contributed by atoms with Gasteiger partial charge in [-0.05, 0) is 44.2 Å². The number of fused-ring (bicyclic) bond motifs is 2. The van der Waals surface area contributed by atoms with Crippen molar-refractivity contribution in [2.45, 2.75) is 43.6 Å². The maximum absolute atomic E-state index is 6.51. The van der Waals surface area contributed by atoms with E-state index < -0.39 is 0 Å². The van der Waals surface area contributed by atoms with Crippen molar-refractivity contribution in [1.82, 2.24) is 4.90 Å². The Labute approximate surface area is 153 Å². The molecule has 0 N–H and O–H groups in total. The van der Waals surface area contributed by atoms with Crippen molar-refractivity contribution in [1.29, 1.82) is 0 Å². The number of allylic oxidation sites excluding steroid dienone is 1. The summed E-state index contributed by atoms with van der Waals surface area (Å²) in [4.78, 5) is 2.40. The Balaban J connectivity index is 1.69. The normalized spacial score (nSPS) is 34.7. The maximum atomic E-state index is 6.51. The average molecular weight is 359 g/mol. The Hall–Kier alpha value is -1.76. The first-order valence-electron chi connectivity index (χ1n) is 9.31. The Morgan fingerprint density at radius 3 is 2.85 bits per heavy atom. The van der Waals surface area contributed by atoms with E-state index >= 15 is 0 Å². The van der Waals surface area contributed by atoms with Gasteiger partial charge in [0.15, 0.2) is 17.8 Å². The van der Waals surface area contributed by atoms with E-state index in [4.69, 9.17) is 23.7 Å². The maximum Gasteiger partial charge on any atom is 0.231 e. The third-order valence-electron chi connectivity index (χ3n) is 6.39. The molecule has 1 aromatic rings. The van der Waals surface area contributed by atoms with E-state index in [0.29, 0.717) is 12.6 Å². The molecule has 0 saturated carbocycles. The number of hydrogen-bond donors (Lipinski definition) is 0. The van der Waals surface area contributed by atoms with E-state index in [0.717, 1.165) is 42.2 Å². The molecule has 0 aromatic heterocycles. The van der Waals surface area contributed by atoms with Crippen LogP contribution in [-0.2, 0) is 19.6 Å². The zero-order chi connectivity index (χ0) is 17.9. The molecule has 0 radical (unpaired) electrons. The summed E-state index contributed by atoms with van der Waals surface area (Å²) in [7, 11) is 3.93. The minimum Gasteiger partial charge on any atom is -0.501 e. The Morgan fingerprint density at radius 1 is 1.27 bits per heavy atom. The molecule has 0 amide bonds. The Kier molecular flexibility index (Phi) is 3.71. The fourth-order valence-electron chi connectivity index (χ4n) is 5.17. The van der Waals surface area contributed by atoms with Crippen LogP contribution >= 0.6 is 0 Å². The van der Waals surface area contributed by atoms with Crippen molar-refractivity contribution in [3.8, 4) is 11.5 Å². The largest absolute Gasteiger partial charge is 0.501 e. The van der Waals surface area contributed by atoms with Gasteiger partial charge in [0.1, 0.15) is 0 Å². The number of methoxy groups -OCH3 is 1. The molecule has 26 heavy (non-hydrogen) atoms. The highest BCUT2D eigenvalue weighted by Gasteiger charge is 2.60. The van der Waals surface area contributed by atoms with Gasteiger partial charge in [0.05, 0.1) is 19.0 Å². The molecule has 1 spiro atoms. The van der Waals surface area contributed by atoms with Crippen molar-refractivity contribution >= 4 is 0 Å². The predicted molar refractivity (Wildman–Crippen MR) is 94.2 cm³/mol. The third-order valence-corrected chi connectivity index (χ3v) is 6.39. The summed E-state index contributed by atoms with van der Waals surface area (Å²) in [5, 5.41) is 0. The molecule has 1 aromatic carbocycles. The van der Waals surface area contributed by atoms with Crippen LogP contribution in [0.4, 0.5) is 0 Å². The number of likely N-dealkylation sites (N-methyl/N-ethyl adjacent to an activating group) is 1. The third kappa shape index (κ3) is 2.09. The monoisotopic (exact) mass is 359 g/mol. The lowest BCUT2D eigenvalue weighted by molar-refractivity contribution is -0.194. The van der Waals surface area contributed by atoms with E-state index in [1.807, 2.05) is 13.0 Å². The van der Waals surface area contributed by atoms with Crippen molar-refractivity contribution in [3.63, 3.8) is 0 Å². The van der Waals surface area contributed by atoms with Crippen LogP contribution in [0.2, 0.25) is 0 Å². The molecule has 5 rings (SSSR count). The van der Waals surface area contributed by atoms with E-state index in [9.17, 15) is 0 Å². The minimum absolute atomic E-state index is 0.0802. The van der Waals surface area contributed by atoms with Crippen molar-refractivity contribution in [2.75, 3.05) is 34.1 Å². The molecular weight excluding hydrogens is 334 g/mol. The lowest BCUT2D eigenvalue weighted by Crippen LogP contribution is -2.52. The first-order chi connectivity index (χ1) is 12.7. The van der Waals surface area contributed by atoms with Gasteiger partial charge < -0.3 is 23.7 Å². The topological polar surface area (TPSA) is 49.4 Å². The smallest absolute Gasteiger partial charge is 0.231 e. The van der Waals surface area contributed by atoms with Gasteiger partial charge >= 0.3 is 0 Å². The van der Waals surface area contributed by atoms with Gasteiger partial charge in [0, 0.05) is 36.6 Å². The van der Waals surface area contributed by atoms with E-state index in [-0.39, 0.29) is 24.6 Å². The van der Waals surface area contributed by atoms with Crippen LogP contribution in [0.5, 0.6) is 11.5 Å². The van der Waals surface area contributed by atoms with Gasteiger partial charge in [-0.15, -0.1) is 0 Å². The van der Waals surface area contributed by atoms with Gasteiger partial charge in [-0.3, -0.25) is 4.90 Å². The summed E-state index contributed by atoms with van der Waals surface area (Å²) in [6.07, 6.45) is 3.72. The van der Waals surface area contributed by atoms with E-state index in [1.165, 1.54) is 5.56 Å². The van der Waals surface area contributed by atoms with Crippen LogP contribution in [0.25, 0.3) is 0 Å². The summed E-state index contributed by atoms with van der Waals surface area (Å²) >= 11 is 0. The Bertz CT molecular complexity index is 763. The van der Waals surface area contributed by atoms with Crippen LogP contribution in [0.15, 0.2) is 24.0 Å². The van der Waals surface area contributed by atoms with Crippen molar-refractivity contribution in [3.05, 3.63) is 35.1 Å². The van der Waals surface area contributed by atoms with Crippen molar-refractivity contribution < 1.29 is 23.7 Å². The fourth-order valence-corrected chi connectivity index (χ4v) is 5.17. The van der Waals surface area contributed by atoms with Crippen LogP contribution in [0.1, 0.15) is 37.2 Å². The standard InChI is InChI=1S/C20H25NO5/c1-4-23-19-13-8-15-16(25-11-24-15)9-14(13)20-6-5-12(22-3)7-17(20)21(2)10-18(20)26-19/h5,8-9,17-19H,4,6-7,10-11H2,1-3H3/t17-,18-,19-,20-/m0/s1. The van der Waals surface area contributed by atoms with E-state index in [2.05, 4.69) is 24.1 Å². The second-order valence-corrected chi connectivity index (χ2v) is 7.48. The van der Waals surface area contributed by atoms with Crippen LogP contribution < -0.4 is 9.47 Å². The molecule has 3 aliphatic heterocycles. The molecule has 140 valence electrons. The molecule has 3 heterocycles. The quantitative estimate of drug-likeness (QED) is 0.827. The van der Waals surface area contributed by atoms with Crippen LogP contribution in [0, 0.1) is 0 Å². The summed E-state index contributed by atoms with van der Waals surface area (Å²) < 4.78 is 29.3. The molecule has 6 nitrogen and oxygen atoms in total. The zero-order valence-corrected chi connectivity index (χ0v) is 15.5. The van der Waals surface area contributed by atoms with Gasteiger partial charge in [-0.1, -0.05) is 0 Å². The summed E-state index contributed by atoms with van der Waals surface area (Å²) in [6, 6.07) is 4.54. The molecule has 1 fully saturated rings. The number of benzene rings is 1. The zero-order valence-electron chi connectivity index (χ0n) is 15.5. The first kappa shape index (κ1) is 16.4. The van der Waals surface area contributed by atoms with Gasteiger partial charge in [-0.2, -0.15) is 0 Å². The highest BCUT2D eigenvalue weighted by Crippen LogP contribution is 2.56. The molecule has 0 unspecified atom stereocenters. The number of ether oxygens (including phenoxy) is 5. The highest BCUT2D eigenvalue weighted by molar-refractivity contribution is 5.55. The lowest BCUT2D eigenvalue weighted by Gasteiger charge is -2.48. The van der Waals surface area contributed by atoms with E-state index in [1.54, 1.807) is 7.11 Å². The van der Waals surface area contributed by atoms with Gasteiger partial charge in [0.2, 0.25) is 6.79 Å². The molecule has 1 saturated heterocycles. The number of nitrogens with zero attached hydrogens (tertiary/aromatic N) is 1. The molecule has 1 aliphatic carbocycles.